The van der Waals surface area contributed by atoms with Crippen molar-refractivity contribution in [1.29, 1.82) is 0 Å². The zero-order valence-electron chi connectivity index (χ0n) is 34.8. The Morgan fingerprint density at radius 3 is 1.42 bits per heavy atom. The third-order valence-corrected chi connectivity index (χ3v) is 11.8. The van der Waals surface area contributed by atoms with Crippen molar-refractivity contribution in [3.05, 3.63) is 178 Å². The fraction of sp³-hybridized carbons (Fsp3) is 0.205. The lowest BCUT2D eigenvalue weighted by atomic mass is 9.89. The molecule has 4 atom stereocenters. The SMILES string of the molecule is NC(=O)C(O)(c1ccc(Br)cc1)C(Br)Br.NC(=O)C(O)(c1ccccc1)C(F)(F)Cl.NC(=O)C(OCc1ccccc1)(c1ccccc1)C(F)(F)F.O=C1NC(=O)C(c2ccccc2)(C(F)(F)F)N1. The largest absolute Gasteiger partial charge is 0.430 e. The van der Waals surface area contributed by atoms with Gasteiger partial charge in [0.1, 0.15) is 3.74 Å². The molecule has 0 bridgehead atoms. The van der Waals surface area contributed by atoms with Crippen LogP contribution in [-0.4, -0.2) is 61.3 Å². The highest BCUT2D eigenvalue weighted by molar-refractivity contribution is 9.24. The predicted octanol–water partition coefficient (Wildman–Crippen LogP) is 7.86. The number of primary amides is 3. The smallest absolute Gasteiger partial charge is 0.374 e. The van der Waals surface area contributed by atoms with Crippen molar-refractivity contribution in [2.45, 2.75) is 50.4 Å². The first-order chi connectivity index (χ1) is 31.9. The van der Waals surface area contributed by atoms with Gasteiger partial charge in [0.05, 0.1) is 6.61 Å². The topological polar surface area (TPSA) is 237 Å². The summed E-state index contributed by atoms with van der Waals surface area (Å²) in [6, 6.07) is 33.6. The zero-order valence-corrected chi connectivity index (χ0v) is 40.3. The average Bonchev–Trinajstić information content (AvgIpc) is 3.61. The molecular formula is C44H37Br3ClF8N5O8. The van der Waals surface area contributed by atoms with Crippen molar-refractivity contribution in [3.8, 4) is 0 Å². The maximum absolute atomic E-state index is 13.6. The number of imide groups is 1. The summed E-state index contributed by atoms with van der Waals surface area (Å²) in [6.07, 6.45) is -9.89. The second kappa shape index (κ2) is 23.4. The van der Waals surface area contributed by atoms with Crippen molar-refractivity contribution in [2.24, 2.45) is 17.2 Å². The molecule has 4 unspecified atom stereocenters. The summed E-state index contributed by atoms with van der Waals surface area (Å²) in [5.41, 5.74) is 3.78. The van der Waals surface area contributed by atoms with Crippen LogP contribution in [0.3, 0.4) is 0 Å². The molecule has 0 spiro atoms. The average molecular weight is 1190 g/mol. The number of hydrogen-bond donors (Lipinski definition) is 7. The van der Waals surface area contributed by atoms with Gasteiger partial charge in [-0.15, -0.1) is 0 Å². The van der Waals surface area contributed by atoms with Crippen molar-refractivity contribution in [2.75, 3.05) is 0 Å². The third-order valence-electron chi connectivity index (χ3n) is 9.66. The number of alkyl halides is 11. The summed E-state index contributed by atoms with van der Waals surface area (Å²) in [5, 5.41) is 18.8. The summed E-state index contributed by atoms with van der Waals surface area (Å²) in [5.74, 6) is -5.43. The van der Waals surface area contributed by atoms with Crippen molar-refractivity contribution >= 4 is 89.1 Å². The molecule has 1 aliphatic rings. The Kier molecular flexibility index (Phi) is 19.6. The first-order valence-electron chi connectivity index (χ1n) is 19.0. The summed E-state index contributed by atoms with van der Waals surface area (Å²) in [4.78, 5) is 56.2. The van der Waals surface area contributed by atoms with E-state index in [-0.39, 0.29) is 16.7 Å². The van der Waals surface area contributed by atoms with Gasteiger partial charge in [-0.3, -0.25) is 24.5 Å². The molecule has 0 aliphatic carbocycles. The van der Waals surface area contributed by atoms with E-state index in [1.807, 2.05) is 0 Å². The number of benzene rings is 5. The second-order valence-electron chi connectivity index (χ2n) is 14.1. The molecule has 1 aliphatic heterocycles. The van der Waals surface area contributed by atoms with Gasteiger partial charge in [-0.05, 0) is 40.4 Å². The molecule has 6 rings (SSSR count). The molecule has 25 heteroatoms. The number of carbonyl (C=O) groups is 5. The van der Waals surface area contributed by atoms with Gasteiger partial charge in [-0.1, -0.05) is 181 Å². The Morgan fingerprint density at radius 1 is 0.638 bits per heavy atom. The van der Waals surface area contributed by atoms with Crippen LogP contribution >= 0.6 is 59.4 Å². The Morgan fingerprint density at radius 2 is 1.07 bits per heavy atom. The summed E-state index contributed by atoms with van der Waals surface area (Å²) in [6.45, 7) is -0.391. The normalized spacial score (nSPS) is 17.3. The van der Waals surface area contributed by atoms with Gasteiger partial charge in [0.15, 0.2) is 5.60 Å². The van der Waals surface area contributed by atoms with E-state index in [0.29, 0.717) is 11.1 Å². The predicted molar refractivity (Wildman–Crippen MR) is 245 cm³/mol. The molecule has 1 fully saturated rings. The molecule has 13 nitrogen and oxygen atoms in total. The van der Waals surface area contributed by atoms with E-state index in [0.717, 1.165) is 28.7 Å². The van der Waals surface area contributed by atoms with Gasteiger partial charge in [-0.2, -0.15) is 35.1 Å². The molecule has 1 saturated heterocycles. The molecule has 0 aromatic heterocycles. The van der Waals surface area contributed by atoms with Gasteiger partial charge >= 0.3 is 23.8 Å². The van der Waals surface area contributed by atoms with E-state index < -0.39 is 80.1 Å². The van der Waals surface area contributed by atoms with E-state index in [1.165, 1.54) is 60.7 Å². The van der Waals surface area contributed by atoms with Gasteiger partial charge in [-0.25, -0.2) is 4.79 Å². The third kappa shape index (κ3) is 13.0. The fourth-order valence-corrected chi connectivity index (χ4v) is 7.48. The van der Waals surface area contributed by atoms with E-state index in [9.17, 15) is 69.3 Å². The second-order valence-corrected chi connectivity index (χ2v) is 18.5. The number of hydrogen-bond acceptors (Lipinski definition) is 8. The van der Waals surface area contributed by atoms with E-state index in [4.69, 9.17) is 21.9 Å². The summed E-state index contributed by atoms with van der Waals surface area (Å²) >= 11 is 14.2. The highest BCUT2D eigenvalue weighted by Gasteiger charge is 2.66. The highest BCUT2D eigenvalue weighted by atomic mass is 79.9. The number of rotatable bonds is 12. The minimum atomic E-state index is -4.98. The molecule has 0 radical (unpaired) electrons. The molecule has 69 heavy (non-hydrogen) atoms. The summed E-state index contributed by atoms with van der Waals surface area (Å²) < 4.78 is 111. The number of aliphatic hydroxyl groups is 2. The lowest BCUT2D eigenvalue weighted by Crippen LogP contribution is -2.55. The van der Waals surface area contributed by atoms with Crippen LogP contribution < -0.4 is 27.8 Å². The minimum Gasteiger partial charge on any atom is -0.374 e. The van der Waals surface area contributed by atoms with Crippen molar-refractivity contribution in [1.82, 2.24) is 10.6 Å². The monoisotopic (exact) mass is 1190 g/mol. The van der Waals surface area contributed by atoms with E-state index in [1.54, 1.807) is 71.3 Å². The van der Waals surface area contributed by atoms with Crippen LogP contribution in [0.2, 0.25) is 0 Å². The quantitative estimate of drug-likeness (QED) is 0.0368. The number of nitrogens with two attached hydrogens (primary N) is 3. The van der Waals surface area contributed by atoms with Crippen LogP contribution in [0.15, 0.2) is 150 Å². The zero-order chi connectivity index (χ0) is 52.2. The Labute approximate surface area is 417 Å². The molecule has 0 saturated carbocycles. The first kappa shape index (κ1) is 57.8. The molecular weight excluding hydrogens is 1150 g/mol. The molecule has 1 heterocycles. The highest BCUT2D eigenvalue weighted by Crippen LogP contribution is 2.44. The Hall–Kier alpha value is -5.50. The minimum absolute atomic E-state index is 0.323. The van der Waals surface area contributed by atoms with Crippen LogP contribution in [0.4, 0.5) is 39.9 Å². The van der Waals surface area contributed by atoms with Gasteiger partial charge < -0.3 is 37.5 Å². The lowest BCUT2D eigenvalue weighted by molar-refractivity contribution is -0.275. The Balaban J connectivity index is 0.000000247. The number of amides is 6. The van der Waals surface area contributed by atoms with Crippen LogP contribution in [0.5, 0.6) is 0 Å². The molecule has 10 N–H and O–H groups in total. The number of ether oxygens (including phenoxy) is 1. The Bertz CT molecular complexity index is 2540. The number of halogens is 12. The van der Waals surface area contributed by atoms with Gasteiger partial charge in [0.25, 0.3) is 29.2 Å². The first-order valence-corrected chi connectivity index (χ1v) is 22.0. The van der Waals surface area contributed by atoms with Crippen LogP contribution in [0.25, 0.3) is 0 Å². The van der Waals surface area contributed by atoms with E-state index >= 15 is 0 Å². The standard InChI is InChI=1S/C16H14F3NO2.C10H7F3N2O2.C9H8Br3NO2.C9H8ClF2NO2/c17-16(18,19)15(14(20)21,13-9-5-2-6-10-13)22-11-12-7-3-1-4-8-12;11-10(12,13)9(6-4-2-1-3-5-6)7(16)14-8(17)15-9;10-6-3-1-5(2-4-6)9(15,7(11)12)8(13)14;10-9(11,12)8(15,7(13)14)6-4-2-1-3-5-6/h1-10H,11H2,(H2,20,21);1-5H,(H2,14,15,16,17);1-4,7,15H,(H2,13,14);1-5,15H,(H2,13,14). The lowest BCUT2D eigenvalue weighted by Gasteiger charge is -2.33. The van der Waals surface area contributed by atoms with E-state index in [2.05, 4.69) is 59.4 Å². The van der Waals surface area contributed by atoms with Crippen LogP contribution in [-0.2, 0) is 52.9 Å². The maximum Gasteiger partial charge on any atom is 0.430 e. The molecule has 5 aromatic carbocycles. The molecule has 5 aromatic rings. The van der Waals surface area contributed by atoms with Crippen molar-refractivity contribution < 1.29 is 74.0 Å². The maximum atomic E-state index is 13.6. The number of urea groups is 1. The molecule has 6 amide bonds. The van der Waals surface area contributed by atoms with Gasteiger partial charge in [0.2, 0.25) is 11.1 Å². The number of nitrogens with one attached hydrogen (secondary N) is 2. The van der Waals surface area contributed by atoms with Gasteiger partial charge in [0, 0.05) is 15.6 Å². The number of carbonyl (C=O) groups excluding carboxylic acids is 5. The summed E-state index contributed by atoms with van der Waals surface area (Å²) in [7, 11) is 0. The van der Waals surface area contributed by atoms with Crippen LogP contribution in [0, 0.1) is 0 Å². The van der Waals surface area contributed by atoms with Crippen molar-refractivity contribution in [3.63, 3.8) is 0 Å². The molecule has 370 valence electrons. The van der Waals surface area contributed by atoms with Crippen LogP contribution in [0.1, 0.15) is 27.8 Å². The fourth-order valence-electron chi connectivity index (χ4n) is 6.04.